The maximum atomic E-state index is 12.4. The highest BCUT2D eigenvalue weighted by atomic mass is 35.5. The summed E-state index contributed by atoms with van der Waals surface area (Å²) in [6, 6.07) is 18.4. The predicted octanol–water partition coefficient (Wildman–Crippen LogP) is 5.59. The summed E-state index contributed by atoms with van der Waals surface area (Å²) in [5.74, 6) is 1.11. The average Bonchev–Trinajstić information content (AvgIpc) is 3.18. The normalized spacial score (nSPS) is 14.1. The second-order valence-electron chi connectivity index (χ2n) is 7.31. The number of methoxy groups -OCH3 is 2. The molecule has 7 heteroatoms. The third-order valence-electron chi connectivity index (χ3n) is 5.13. The van der Waals surface area contributed by atoms with Crippen molar-refractivity contribution in [2.75, 3.05) is 14.2 Å². The number of aryl methyl sites for hydroxylation is 1. The fourth-order valence-corrected chi connectivity index (χ4v) is 3.46. The first-order valence-corrected chi connectivity index (χ1v) is 10.6. The van der Waals surface area contributed by atoms with Gasteiger partial charge in [0.2, 0.25) is 11.6 Å². The molecule has 4 rings (SSSR count). The van der Waals surface area contributed by atoms with Gasteiger partial charge in [0.1, 0.15) is 6.61 Å². The zero-order valence-corrected chi connectivity index (χ0v) is 19.2. The fourth-order valence-electron chi connectivity index (χ4n) is 3.33. The number of carbonyl (C=O) groups is 1. The Morgan fingerprint density at radius 1 is 1.00 bits per heavy atom. The van der Waals surface area contributed by atoms with Crippen molar-refractivity contribution in [2.45, 2.75) is 13.5 Å². The standard InChI is InChI=1S/C26H22ClNO5/c1-16-6-4-5-7-19(16)15-32-24-22(30-2)13-17(14-23(24)31-3)12-21-26(29)33-25(28-21)18-8-10-20(27)11-9-18/h4-14H,15H2,1-3H3/b21-12+. The van der Waals surface area contributed by atoms with E-state index >= 15 is 0 Å². The molecule has 168 valence electrons. The minimum Gasteiger partial charge on any atom is -0.493 e. The summed E-state index contributed by atoms with van der Waals surface area (Å²) in [7, 11) is 3.10. The highest BCUT2D eigenvalue weighted by Crippen LogP contribution is 2.40. The molecule has 0 unspecified atom stereocenters. The summed E-state index contributed by atoms with van der Waals surface area (Å²) in [5.41, 5.74) is 3.67. The van der Waals surface area contributed by atoms with Crippen LogP contribution in [0.15, 0.2) is 71.4 Å². The minimum atomic E-state index is -0.544. The number of esters is 1. The van der Waals surface area contributed by atoms with Crippen molar-refractivity contribution in [1.29, 1.82) is 0 Å². The number of carbonyl (C=O) groups excluding carboxylic acids is 1. The SMILES string of the molecule is COc1cc(/C=C2/N=C(c3ccc(Cl)cc3)OC2=O)cc(OC)c1OCc1ccccc1C. The molecule has 1 heterocycles. The second-order valence-corrected chi connectivity index (χ2v) is 7.75. The van der Waals surface area contributed by atoms with E-state index in [-0.39, 0.29) is 11.6 Å². The first kappa shape index (κ1) is 22.4. The predicted molar refractivity (Wildman–Crippen MR) is 127 cm³/mol. The fraction of sp³-hybridized carbons (Fsp3) is 0.154. The Morgan fingerprint density at radius 2 is 1.67 bits per heavy atom. The molecule has 0 saturated carbocycles. The van der Waals surface area contributed by atoms with Crippen molar-refractivity contribution in [3.05, 3.63) is 93.6 Å². The van der Waals surface area contributed by atoms with E-state index < -0.39 is 5.97 Å². The van der Waals surface area contributed by atoms with Gasteiger partial charge in [0.05, 0.1) is 14.2 Å². The number of nitrogens with zero attached hydrogens (tertiary/aromatic N) is 1. The molecule has 0 spiro atoms. The van der Waals surface area contributed by atoms with Gasteiger partial charge in [0.15, 0.2) is 17.2 Å². The van der Waals surface area contributed by atoms with Gasteiger partial charge in [-0.05, 0) is 66.1 Å². The van der Waals surface area contributed by atoms with Crippen LogP contribution in [0.5, 0.6) is 17.2 Å². The van der Waals surface area contributed by atoms with Crippen LogP contribution in [0, 0.1) is 6.92 Å². The number of hydrogen-bond acceptors (Lipinski definition) is 6. The van der Waals surface area contributed by atoms with Gasteiger partial charge < -0.3 is 18.9 Å². The summed E-state index contributed by atoms with van der Waals surface area (Å²) in [4.78, 5) is 16.7. The van der Waals surface area contributed by atoms with Crippen molar-refractivity contribution in [2.24, 2.45) is 4.99 Å². The molecule has 1 aliphatic rings. The molecule has 0 radical (unpaired) electrons. The van der Waals surface area contributed by atoms with E-state index in [0.717, 1.165) is 11.1 Å². The first-order chi connectivity index (χ1) is 16.0. The maximum absolute atomic E-state index is 12.4. The monoisotopic (exact) mass is 463 g/mol. The van der Waals surface area contributed by atoms with Gasteiger partial charge in [-0.2, -0.15) is 0 Å². The molecule has 0 aliphatic carbocycles. The molecule has 6 nitrogen and oxygen atoms in total. The number of halogens is 1. The molecule has 1 aliphatic heterocycles. The molecule has 0 atom stereocenters. The minimum absolute atomic E-state index is 0.164. The van der Waals surface area contributed by atoms with Gasteiger partial charge in [-0.3, -0.25) is 0 Å². The number of hydrogen-bond donors (Lipinski definition) is 0. The first-order valence-electron chi connectivity index (χ1n) is 10.2. The summed E-state index contributed by atoms with van der Waals surface area (Å²) >= 11 is 5.92. The van der Waals surface area contributed by atoms with Crippen molar-refractivity contribution in [3.63, 3.8) is 0 Å². The molecule has 0 amide bonds. The Bertz CT molecular complexity index is 1220. The smallest absolute Gasteiger partial charge is 0.363 e. The van der Waals surface area contributed by atoms with Crippen molar-refractivity contribution in [1.82, 2.24) is 0 Å². The van der Waals surface area contributed by atoms with Crippen LogP contribution in [0.4, 0.5) is 0 Å². The lowest BCUT2D eigenvalue weighted by molar-refractivity contribution is -0.129. The molecular formula is C26H22ClNO5. The second kappa shape index (κ2) is 9.79. The largest absolute Gasteiger partial charge is 0.493 e. The summed E-state index contributed by atoms with van der Waals surface area (Å²) in [6.45, 7) is 2.39. The Morgan fingerprint density at radius 3 is 2.30 bits per heavy atom. The van der Waals surface area contributed by atoms with E-state index in [1.54, 1.807) is 56.7 Å². The summed E-state index contributed by atoms with van der Waals surface area (Å²) in [5, 5.41) is 0.586. The van der Waals surface area contributed by atoms with Crippen LogP contribution in [0.2, 0.25) is 5.02 Å². The number of cyclic esters (lactones) is 1. The van der Waals surface area contributed by atoms with Crippen LogP contribution in [0.25, 0.3) is 6.08 Å². The highest BCUT2D eigenvalue weighted by molar-refractivity contribution is 6.30. The van der Waals surface area contributed by atoms with Crippen LogP contribution < -0.4 is 14.2 Å². The molecule has 3 aromatic rings. The van der Waals surface area contributed by atoms with E-state index in [4.69, 9.17) is 30.5 Å². The van der Waals surface area contributed by atoms with Gasteiger partial charge in [-0.15, -0.1) is 0 Å². The zero-order chi connectivity index (χ0) is 23.4. The van der Waals surface area contributed by atoms with E-state index in [0.29, 0.717) is 40.0 Å². The quantitative estimate of drug-likeness (QED) is 0.337. The Kier molecular flexibility index (Phi) is 6.66. The number of rotatable bonds is 7. The van der Waals surface area contributed by atoms with Gasteiger partial charge in [-0.25, -0.2) is 9.79 Å². The summed E-state index contributed by atoms with van der Waals surface area (Å²) in [6.07, 6.45) is 1.61. The van der Waals surface area contributed by atoms with Gasteiger partial charge >= 0.3 is 5.97 Å². The van der Waals surface area contributed by atoms with Gasteiger partial charge in [-0.1, -0.05) is 35.9 Å². The van der Waals surface area contributed by atoms with Crippen molar-refractivity contribution < 1.29 is 23.7 Å². The van der Waals surface area contributed by atoms with Crippen LogP contribution in [0.3, 0.4) is 0 Å². The molecule has 3 aromatic carbocycles. The number of ether oxygens (including phenoxy) is 4. The third kappa shape index (κ3) is 5.02. The Hall–Kier alpha value is -3.77. The van der Waals surface area contributed by atoms with Gasteiger partial charge in [0, 0.05) is 10.6 Å². The van der Waals surface area contributed by atoms with E-state index in [9.17, 15) is 4.79 Å². The molecule has 0 saturated heterocycles. The van der Waals surface area contributed by atoms with Crippen molar-refractivity contribution >= 4 is 29.5 Å². The molecular weight excluding hydrogens is 442 g/mol. The van der Waals surface area contributed by atoms with Crippen molar-refractivity contribution in [3.8, 4) is 17.2 Å². The van der Waals surface area contributed by atoms with Crippen LogP contribution in [-0.2, 0) is 16.1 Å². The Labute approximate surface area is 197 Å². The van der Waals surface area contributed by atoms with Crippen LogP contribution >= 0.6 is 11.6 Å². The lowest BCUT2D eigenvalue weighted by Crippen LogP contribution is -2.05. The Balaban J connectivity index is 1.63. The molecule has 0 fully saturated rings. The number of aliphatic imine (C=N–C) groups is 1. The topological polar surface area (TPSA) is 66.4 Å². The maximum Gasteiger partial charge on any atom is 0.363 e. The third-order valence-corrected chi connectivity index (χ3v) is 5.38. The van der Waals surface area contributed by atoms with Crippen LogP contribution in [0.1, 0.15) is 22.3 Å². The number of benzene rings is 3. The van der Waals surface area contributed by atoms with Crippen LogP contribution in [-0.4, -0.2) is 26.1 Å². The molecule has 0 N–H and O–H groups in total. The zero-order valence-electron chi connectivity index (χ0n) is 18.4. The lowest BCUT2D eigenvalue weighted by atomic mass is 10.1. The highest BCUT2D eigenvalue weighted by Gasteiger charge is 2.25. The molecule has 0 aromatic heterocycles. The van der Waals surface area contributed by atoms with E-state index in [2.05, 4.69) is 4.99 Å². The van der Waals surface area contributed by atoms with Gasteiger partial charge in [0.25, 0.3) is 0 Å². The lowest BCUT2D eigenvalue weighted by Gasteiger charge is -2.16. The molecule has 33 heavy (non-hydrogen) atoms. The van der Waals surface area contributed by atoms with E-state index in [1.165, 1.54) is 0 Å². The molecule has 0 bridgehead atoms. The summed E-state index contributed by atoms with van der Waals surface area (Å²) < 4.78 is 22.4. The van der Waals surface area contributed by atoms with E-state index in [1.807, 2.05) is 31.2 Å². The average molecular weight is 464 g/mol.